The molecule has 1 N–H and O–H groups in total. The van der Waals surface area contributed by atoms with Crippen LogP contribution in [-0.4, -0.2) is 46.1 Å². The number of nitrogens with zero attached hydrogens (tertiary/aromatic N) is 3. The van der Waals surface area contributed by atoms with Gasteiger partial charge in [-0.05, 0) is 13.8 Å². The Morgan fingerprint density at radius 2 is 2.00 bits per heavy atom. The second-order valence-electron chi connectivity index (χ2n) is 4.19. The fourth-order valence-electron chi connectivity index (χ4n) is 1.79. The monoisotopic (exact) mass is 324 g/mol. The van der Waals surface area contributed by atoms with Gasteiger partial charge in [-0.15, -0.1) is 11.3 Å². The van der Waals surface area contributed by atoms with E-state index in [0.717, 1.165) is 0 Å². The summed E-state index contributed by atoms with van der Waals surface area (Å²) in [5, 5.41) is 2.90. The number of hydrogen-bond acceptors (Lipinski definition) is 9. The van der Waals surface area contributed by atoms with E-state index >= 15 is 0 Å². The first-order valence-electron chi connectivity index (χ1n) is 6.78. The smallest absolute Gasteiger partial charge is 0.329 e. The summed E-state index contributed by atoms with van der Waals surface area (Å²) in [4.78, 5) is 36.7. The summed E-state index contributed by atoms with van der Waals surface area (Å²) in [5.74, 6) is -0.650. The predicted octanol–water partition coefficient (Wildman–Crippen LogP) is 1.38. The van der Waals surface area contributed by atoms with Crippen LogP contribution in [0.4, 0.5) is 5.82 Å². The molecule has 0 radical (unpaired) electrons. The van der Waals surface area contributed by atoms with Gasteiger partial charge < -0.3 is 14.8 Å². The van der Waals surface area contributed by atoms with Crippen molar-refractivity contribution in [3.8, 4) is 0 Å². The van der Waals surface area contributed by atoms with E-state index in [0.29, 0.717) is 16.2 Å². The van der Waals surface area contributed by atoms with E-state index < -0.39 is 18.0 Å². The summed E-state index contributed by atoms with van der Waals surface area (Å²) in [6.45, 7) is 3.87. The third-order valence-corrected chi connectivity index (χ3v) is 3.43. The fourth-order valence-corrected chi connectivity index (χ4v) is 2.41. The first kappa shape index (κ1) is 16.1. The minimum atomic E-state index is -0.890. The van der Waals surface area contributed by atoms with E-state index in [4.69, 9.17) is 9.47 Å². The third-order valence-electron chi connectivity index (χ3n) is 2.69. The fraction of sp³-hybridized carbons (Fsp3) is 0.462. The number of anilines is 1. The van der Waals surface area contributed by atoms with Gasteiger partial charge in [-0.1, -0.05) is 0 Å². The summed E-state index contributed by atoms with van der Waals surface area (Å²) in [6, 6.07) is -0.890. The average Bonchev–Trinajstić information content (AvgIpc) is 2.96. The first-order valence-corrected chi connectivity index (χ1v) is 7.66. The standard InChI is InChI=1S/C13H16N4O4S/c1-3-20-9(18)5-8(13(19)21-4-2)17-11-10-12(15-6-14-11)22-7-16-10/h6-8H,3-5H2,1-2H3,(H,14,15,17). The second kappa shape index (κ2) is 7.64. The molecule has 2 rings (SSSR count). The highest BCUT2D eigenvalue weighted by molar-refractivity contribution is 7.16. The second-order valence-corrected chi connectivity index (χ2v) is 5.02. The molecule has 0 aromatic carbocycles. The van der Waals surface area contributed by atoms with Crippen LogP contribution in [0, 0.1) is 0 Å². The maximum absolute atomic E-state index is 12.0. The van der Waals surface area contributed by atoms with Crippen molar-refractivity contribution in [2.75, 3.05) is 18.5 Å². The lowest BCUT2D eigenvalue weighted by molar-refractivity contribution is -0.150. The zero-order valence-electron chi connectivity index (χ0n) is 12.2. The number of ether oxygens (including phenoxy) is 2. The molecule has 0 aliphatic heterocycles. The van der Waals surface area contributed by atoms with Crippen LogP contribution < -0.4 is 5.32 Å². The van der Waals surface area contributed by atoms with Gasteiger partial charge in [0, 0.05) is 0 Å². The van der Waals surface area contributed by atoms with Crippen LogP contribution in [0.2, 0.25) is 0 Å². The Labute approximate surface area is 130 Å². The van der Waals surface area contributed by atoms with Gasteiger partial charge in [0.1, 0.15) is 22.7 Å². The molecule has 0 spiro atoms. The molecule has 1 atom stereocenters. The Balaban J connectivity index is 2.19. The van der Waals surface area contributed by atoms with Crippen molar-refractivity contribution < 1.29 is 19.1 Å². The molecule has 22 heavy (non-hydrogen) atoms. The highest BCUT2D eigenvalue weighted by atomic mass is 32.1. The summed E-state index contributed by atoms with van der Waals surface area (Å²) in [6.07, 6.45) is 1.22. The quantitative estimate of drug-likeness (QED) is 0.762. The van der Waals surface area contributed by atoms with Crippen molar-refractivity contribution in [1.29, 1.82) is 0 Å². The van der Waals surface area contributed by atoms with Crippen molar-refractivity contribution in [2.24, 2.45) is 0 Å². The van der Waals surface area contributed by atoms with Crippen molar-refractivity contribution in [2.45, 2.75) is 26.3 Å². The molecule has 0 fully saturated rings. The molecule has 0 saturated carbocycles. The van der Waals surface area contributed by atoms with Crippen LogP contribution in [0.15, 0.2) is 11.8 Å². The van der Waals surface area contributed by atoms with Gasteiger partial charge in [-0.2, -0.15) is 0 Å². The van der Waals surface area contributed by atoms with Crippen molar-refractivity contribution in [3.05, 3.63) is 11.8 Å². The molecule has 9 heteroatoms. The molecule has 118 valence electrons. The van der Waals surface area contributed by atoms with E-state index in [1.54, 1.807) is 19.4 Å². The minimum absolute atomic E-state index is 0.150. The molecule has 0 amide bonds. The van der Waals surface area contributed by atoms with Crippen LogP contribution in [0.1, 0.15) is 20.3 Å². The molecule has 0 aliphatic rings. The Morgan fingerprint density at radius 1 is 1.23 bits per heavy atom. The summed E-state index contributed by atoms with van der Waals surface area (Å²) < 4.78 is 9.86. The number of aromatic nitrogens is 3. The Kier molecular flexibility index (Phi) is 5.59. The van der Waals surface area contributed by atoms with Crippen molar-refractivity contribution >= 4 is 39.4 Å². The topological polar surface area (TPSA) is 103 Å². The predicted molar refractivity (Wildman–Crippen MR) is 80.5 cm³/mol. The number of carbonyl (C=O) groups is 2. The average molecular weight is 324 g/mol. The summed E-state index contributed by atoms with van der Waals surface area (Å²) in [5.41, 5.74) is 2.18. The highest BCUT2D eigenvalue weighted by Crippen LogP contribution is 2.21. The van der Waals surface area contributed by atoms with E-state index in [9.17, 15) is 9.59 Å². The minimum Gasteiger partial charge on any atom is -0.466 e. The van der Waals surface area contributed by atoms with E-state index in [1.807, 2.05) is 0 Å². The highest BCUT2D eigenvalue weighted by Gasteiger charge is 2.25. The van der Waals surface area contributed by atoms with Gasteiger partial charge in [0.2, 0.25) is 0 Å². The maximum atomic E-state index is 12.0. The van der Waals surface area contributed by atoms with Crippen LogP contribution in [0.5, 0.6) is 0 Å². The van der Waals surface area contributed by atoms with Crippen molar-refractivity contribution in [1.82, 2.24) is 15.0 Å². The third kappa shape index (κ3) is 3.88. The maximum Gasteiger partial charge on any atom is 0.329 e. The molecule has 2 aromatic rings. The largest absolute Gasteiger partial charge is 0.466 e. The molecule has 2 aromatic heterocycles. The molecule has 0 bridgehead atoms. The van der Waals surface area contributed by atoms with Gasteiger partial charge in [-0.25, -0.2) is 19.7 Å². The number of rotatable bonds is 7. The number of fused-ring (bicyclic) bond motifs is 1. The molecule has 2 heterocycles. The lowest BCUT2D eigenvalue weighted by Crippen LogP contribution is -2.34. The van der Waals surface area contributed by atoms with Crippen molar-refractivity contribution in [3.63, 3.8) is 0 Å². The van der Waals surface area contributed by atoms with E-state index in [-0.39, 0.29) is 19.6 Å². The number of thiazole rings is 1. The van der Waals surface area contributed by atoms with E-state index in [1.165, 1.54) is 17.7 Å². The van der Waals surface area contributed by atoms with Gasteiger partial charge in [0.15, 0.2) is 5.82 Å². The Hall–Kier alpha value is -2.29. The Bertz CT molecular complexity index is 660. The van der Waals surface area contributed by atoms with Crippen LogP contribution in [0.3, 0.4) is 0 Å². The molecular weight excluding hydrogens is 308 g/mol. The Morgan fingerprint density at radius 3 is 2.73 bits per heavy atom. The lowest BCUT2D eigenvalue weighted by Gasteiger charge is -2.17. The number of esters is 2. The zero-order chi connectivity index (χ0) is 15.9. The molecule has 0 saturated heterocycles. The summed E-state index contributed by atoms with van der Waals surface area (Å²) in [7, 11) is 0. The van der Waals surface area contributed by atoms with Gasteiger partial charge >= 0.3 is 11.9 Å². The van der Waals surface area contributed by atoms with Gasteiger partial charge in [0.25, 0.3) is 0 Å². The number of hydrogen-bond donors (Lipinski definition) is 1. The number of nitrogens with one attached hydrogen (secondary N) is 1. The van der Waals surface area contributed by atoms with E-state index in [2.05, 4.69) is 20.3 Å². The van der Waals surface area contributed by atoms with Gasteiger partial charge in [0.05, 0.1) is 25.1 Å². The molecule has 1 unspecified atom stereocenters. The van der Waals surface area contributed by atoms with Crippen LogP contribution in [0.25, 0.3) is 10.3 Å². The molecular formula is C13H16N4O4S. The molecule has 0 aliphatic carbocycles. The summed E-state index contributed by atoms with van der Waals surface area (Å²) >= 11 is 1.36. The van der Waals surface area contributed by atoms with Crippen LogP contribution >= 0.6 is 11.3 Å². The first-order chi connectivity index (χ1) is 10.7. The van der Waals surface area contributed by atoms with Gasteiger partial charge in [-0.3, -0.25) is 4.79 Å². The lowest BCUT2D eigenvalue weighted by atomic mass is 10.2. The SMILES string of the molecule is CCOC(=O)CC(Nc1ncnc2scnc12)C(=O)OCC. The number of carbonyl (C=O) groups excluding carboxylic acids is 2. The van der Waals surface area contributed by atoms with Crippen LogP contribution in [-0.2, 0) is 19.1 Å². The zero-order valence-corrected chi connectivity index (χ0v) is 13.1. The molecule has 8 nitrogen and oxygen atoms in total. The normalized spacial score (nSPS) is 11.9.